The molecule has 0 aromatic heterocycles. The Morgan fingerprint density at radius 2 is 1.94 bits per heavy atom. The molecule has 1 aliphatic rings. The van der Waals surface area contributed by atoms with Crippen LogP contribution in [-0.4, -0.2) is 11.4 Å². The lowest BCUT2D eigenvalue weighted by molar-refractivity contribution is 0.457. The molecule has 1 nitrogen and oxygen atoms in total. The van der Waals surface area contributed by atoms with Crippen LogP contribution in [0.1, 0.15) is 37.7 Å². The molecule has 0 radical (unpaired) electrons. The van der Waals surface area contributed by atoms with Gasteiger partial charge in [0.15, 0.2) is 0 Å². The number of benzene rings is 1. The van der Waals surface area contributed by atoms with Crippen molar-refractivity contribution in [1.29, 1.82) is 0 Å². The van der Waals surface area contributed by atoms with Crippen LogP contribution in [0.15, 0.2) is 24.3 Å². The second-order valence-electron chi connectivity index (χ2n) is 4.73. The summed E-state index contributed by atoms with van der Waals surface area (Å²) in [5.41, 5.74) is 0.723. The topological polar surface area (TPSA) is 12.0 Å². The van der Waals surface area contributed by atoms with Gasteiger partial charge in [-0.25, -0.2) is 4.39 Å². The molecular weight excluding hydrogens is 237 g/mol. The van der Waals surface area contributed by atoms with Gasteiger partial charge >= 0.3 is 0 Å². The quantitative estimate of drug-likeness (QED) is 0.639. The van der Waals surface area contributed by atoms with Crippen molar-refractivity contribution in [2.75, 3.05) is 0 Å². The van der Waals surface area contributed by atoms with Crippen LogP contribution >= 0.6 is 11.6 Å². The summed E-state index contributed by atoms with van der Waals surface area (Å²) in [6, 6.07) is 7.23. The van der Waals surface area contributed by atoms with Crippen molar-refractivity contribution in [1.82, 2.24) is 5.32 Å². The number of rotatable bonds is 3. The Morgan fingerprint density at radius 1 is 1.18 bits per heavy atom. The SMILES string of the molecule is Fc1ccccc1CNC1CCCCCC1Cl. The molecule has 2 unspecified atom stereocenters. The molecule has 1 aromatic carbocycles. The largest absolute Gasteiger partial charge is 0.308 e. The van der Waals surface area contributed by atoms with E-state index in [-0.39, 0.29) is 11.2 Å². The van der Waals surface area contributed by atoms with Gasteiger partial charge in [0, 0.05) is 23.5 Å². The first-order valence-corrected chi connectivity index (χ1v) is 6.82. The monoisotopic (exact) mass is 255 g/mol. The summed E-state index contributed by atoms with van der Waals surface area (Å²) in [5, 5.41) is 3.58. The minimum Gasteiger partial charge on any atom is -0.308 e. The lowest BCUT2D eigenvalue weighted by Crippen LogP contribution is -2.36. The number of hydrogen-bond donors (Lipinski definition) is 1. The maximum atomic E-state index is 13.4. The number of alkyl halides is 1. The van der Waals surface area contributed by atoms with Crippen molar-refractivity contribution < 1.29 is 4.39 Å². The molecule has 0 saturated heterocycles. The van der Waals surface area contributed by atoms with Gasteiger partial charge in [0.25, 0.3) is 0 Å². The minimum absolute atomic E-state index is 0.139. The van der Waals surface area contributed by atoms with Gasteiger partial charge in [-0.1, -0.05) is 37.5 Å². The molecular formula is C14H19ClFN. The minimum atomic E-state index is -0.139. The van der Waals surface area contributed by atoms with Crippen LogP contribution in [0.25, 0.3) is 0 Å². The number of halogens is 2. The van der Waals surface area contributed by atoms with E-state index < -0.39 is 0 Å². The van der Waals surface area contributed by atoms with Gasteiger partial charge in [-0.3, -0.25) is 0 Å². The van der Waals surface area contributed by atoms with E-state index in [9.17, 15) is 4.39 Å². The first kappa shape index (κ1) is 12.8. The highest BCUT2D eigenvalue weighted by Gasteiger charge is 2.21. The smallest absolute Gasteiger partial charge is 0.127 e. The Hall–Kier alpha value is -0.600. The number of hydrogen-bond acceptors (Lipinski definition) is 1. The third-order valence-electron chi connectivity index (χ3n) is 3.44. The van der Waals surface area contributed by atoms with Crippen LogP contribution in [0, 0.1) is 5.82 Å². The summed E-state index contributed by atoms with van der Waals surface area (Å²) >= 11 is 6.34. The van der Waals surface area contributed by atoms with Gasteiger partial charge in [-0.15, -0.1) is 11.6 Å². The van der Waals surface area contributed by atoms with E-state index in [4.69, 9.17) is 11.6 Å². The van der Waals surface area contributed by atoms with Crippen molar-refractivity contribution in [2.24, 2.45) is 0 Å². The molecule has 1 aromatic rings. The zero-order chi connectivity index (χ0) is 12.1. The number of nitrogens with one attached hydrogen (secondary N) is 1. The molecule has 0 amide bonds. The van der Waals surface area contributed by atoms with Crippen molar-refractivity contribution in [3.63, 3.8) is 0 Å². The second kappa shape index (κ2) is 6.36. The molecule has 17 heavy (non-hydrogen) atoms. The molecule has 0 bridgehead atoms. The van der Waals surface area contributed by atoms with Crippen LogP contribution < -0.4 is 5.32 Å². The van der Waals surface area contributed by atoms with Crippen LogP contribution in [0.3, 0.4) is 0 Å². The fourth-order valence-corrected chi connectivity index (χ4v) is 2.74. The summed E-state index contributed by atoms with van der Waals surface area (Å²) in [6.07, 6.45) is 5.87. The molecule has 1 fully saturated rings. The maximum Gasteiger partial charge on any atom is 0.127 e. The third kappa shape index (κ3) is 3.68. The van der Waals surface area contributed by atoms with E-state index in [1.165, 1.54) is 25.3 Å². The molecule has 0 heterocycles. The second-order valence-corrected chi connectivity index (χ2v) is 5.29. The van der Waals surface area contributed by atoms with E-state index in [0.717, 1.165) is 18.4 Å². The fourth-order valence-electron chi connectivity index (χ4n) is 2.38. The molecule has 1 aliphatic carbocycles. The van der Waals surface area contributed by atoms with Gasteiger partial charge in [-0.2, -0.15) is 0 Å². The van der Waals surface area contributed by atoms with Crippen LogP contribution in [0.4, 0.5) is 4.39 Å². The van der Waals surface area contributed by atoms with E-state index in [2.05, 4.69) is 5.32 Å². The Labute approximate surface area is 107 Å². The maximum absolute atomic E-state index is 13.4. The van der Waals surface area contributed by atoms with E-state index in [1.807, 2.05) is 12.1 Å². The van der Waals surface area contributed by atoms with Gasteiger partial charge in [0.05, 0.1) is 0 Å². The Morgan fingerprint density at radius 3 is 2.76 bits per heavy atom. The Bertz CT molecular complexity index is 356. The van der Waals surface area contributed by atoms with Crippen molar-refractivity contribution >= 4 is 11.6 Å². The predicted octanol–water partition coefficient (Wildman–Crippen LogP) is 3.86. The highest BCUT2D eigenvalue weighted by atomic mass is 35.5. The summed E-state index contributed by atoms with van der Waals surface area (Å²) in [7, 11) is 0. The molecule has 1 saturated carbocycles. The zero-order valence-corrected chi connectivity index (χ0v) is 10.7. The van der Waals surface area contributed by atoms with E-state index >= 15 is 0 Å². The molecule has 2 atom stereocenters. The molecule has 0 aliphatic heterocycles. The summed E-state index contributed by atoms with van der Waals surface area (Å²) in [5.74, 6) is -0.139. The van der Waals surface area contributed by atoms with Gasteiger partial charge in [0.2, 0.25) is 0 Å². The van der Waals surface area contributed by atoms with E-state index in [1.54, 1.807) is 6.07 Å². The predicted molar refractivity (Wildman–Crippen MR) is 69.8 cm³/mol. The Balaban J connectivity index is 1.90. The average Bonchev–Trinajstić information content (AvgIpc) is 2.53. The molecule has 0 spiro atoms. The molecule has 3 heteroatoms. The van der Waals surface area contributed by atoms with Crippen molar-refractivity contribution in [3.05, 3.63) is 35.6 Å². The zero-order valence-electron chi connectivity index (χ0n) is 9.96. The normalized spacial score (nSPS) is 25.5. The average molecular weight is 256 g/mol. The first-order valence-electron chi connectivity index (χ1n) is 6.38. The van der Waals surface area contributed by atoms with Gasteiger partial charge < -0.3 is 5.32 Å². The van der Waals surface area contributed by atoms with Crippen LogP contribution in [0.5, 0.6) is 0 Å². The standard InChI is InChI=1S/C14H19ClFN/c15-12-7-2-1-3-9-14(12)17-10-11-6-4-5-8-13(11)16/h4-6,8,12,14,17H,1-3,7,9-10H2. The van der Waals surface area contributed by atoms with Gasteiger partial charge in [-0.05, 0) is 18.9 Å². The highest BCUT2D eigenvalue weighted by molar-refractivity contribution is 6.21. The lowest BCUT2D eigenvalue weighted by Gasteiger charge is -2.21. The summed E-state index contributed by atoms with van der Waals surface area (Å²) < 4.78 is 13.4. The fraction of sp³-hybridized carbons (Fsp3) is 0.571. The molecule has 94 valence electrons. The Kier molecular flexibility index (Phi) is 4.81. The lowest BCUT2D eigenvalue weighted by atomic mass is 10.1. The van der Waals surface area contributed by atoms with Crippen LogP contribution in [0.2, 0.25) is 0 Å². The first-order chi connectivity index (χ1) is 8.27. The molecule has 2 rings (SSSR count). The summed E-state index contributed by atoms with van der Waals surface area (Å²) in [4.78, 5) is 0. The van der Waals surface area contributed by atoms with E-state index in [0.29, 0.717) is 12.6 Å². The molecule has 1 N–H and O–H groups in total. The van der Waals surface area contributed by atoms with Crippen LogP contribution in [-0.2, 0) is 6.54 Å². The van der Waals surface area contributed by atoms with Crippen molar-refractivity contribution in [3.8, 4) is 0 Å². The van der Waals surface area contributed by atoms with Gasteiger partial charge in [0.1, 0.15) is 5.82 Å². The third-order valence-corrected chi connectivity index (χ3v) is 3.97. The van der Waals surface area contributed by atoms with Crippen molar-refractivity contribution in [2.45, 2.75) is 50.1 Å². The highest BCUT2D eigenvalue weighted by Crippen LogP contribution is 2.22. The summed E-state index contributed by atoms with van der Waals surface area (Å²) in [6.45, 7) is 0.570.